The van der Waals surface area contributed by atoms with E-state index in [9.17, 15) is 5.11 Å². The average molecular weight is 376 g/mol. The Balaban J connectivity index is 0.00000312. The first kappa shape index (κ1) is 21.7. The second kappa shape index (κ2) is 11.3. The third kappa shape index (κ3) is 6.45. The first-order valence-electron chi connectivity index (χ1n) is 8.62. The fraction of sp³-hybridized carbons (Fsp3) is 0.667. The summed E-state index contributed by atoms with van der Waals surface area (Å²) in [5, 5.41) is 12.4. The molecule has 1 aromatic carbocycles. The Morgan fingerprint density at radius 3 is 2.16 bits per heavy atom. The number of halogens is 1. The lowest BCUT2D eigenvalue weighted by Gasteiger charge is -2.21. The van der Waals surface area contributed by atoms with Gasteiger partial charge in [-0.15, -0.1) is 0 Å². The molecule has 0 spiro atoms. The zero-order chi connectivity index (χ0) is 17.4. The molecule has 0 radical (unpaired) electrons. The van der Waals surface area contributed by atoms with Crippen molar-refractivity contribution < 1.29 is 41.8 Å². The number of benzene rings is 1. The van der Waals surface area contributed by atoms with Crippen molar-refractivity contribution in [3.05, 3.63) is 12.1 Å². The van der Waals surface area contributed by atoms with Gasteiger partial charge in [-0.25, -0.2) is 0 Å². The molecule has 1 fully saturated rings. The van der Waals surface area contributed by atoms with Crippen molar-refractivity contribution in [2.45, 2.75) is 44.2 Å². The molecular weight excluding hydrogens is 346 g/mol. The Hall–Kier alpha value is -1.37. The number of nitrogens with two attached hydrogens (primary N) is 1. The van der Waals surface area contributed by atoms with E-state index in [2.05, 4.69) is 5.32 Å². The largest absolute Gasteiger partial charge is 1.00 e. The van der Waals surface area contributed by atoms with Gasteiger partial charge >= 0.3 is 0 Å². The summed E-state index contributed by atoms with van der Waals surface area (Å²) in [6.07, 6.45) is 5.95. The van der Waals surface area contributed by atoms with Crippen molar-refractivity contribution in [1.29, 1.82) is 0 Å². The fourth-order valence-corrected chi connectivity index (χ4v) is 3.12. The van der Waals surface area contributed by atoms with E-state index < -0.39 is 6.10 Å². The van der Waals surface area contributed by atoms with Gasteiger partial charge in [0.15, 0.2) is 11.5 Å². The van der Waals surface area contributed by atoms with Gasteiger partial charge in [0.2, 0.25) is 5.75 Å². The third-order valence-corrected chi connectivity index (χ3v) is 4.47. The van der Waals surface area contributed by atoms with Crippen LogP contribution in [0.15, 0.2) is 12.1 Å². The molecule has 1 unspecified atom stereocenters. The normalized spacial score (nSPS) is 15.8. The molecule has 1 aliphatic rings. The second-order valence-corrected chi connectivity index (χ2v) is 6.20. The first-order chi connectivity index (χ1) is 11.7. The van der Waals surface area contributed by atoms with Gasteiger partial charge in [-0.05, 0) is 25.7 Å². The van der Waals surface area contributed by atoms with Crippen LogP contribution >= 0.6 is 0 Å². The highest BCUT2D eigenvalue weighted by Gasteiger charge is 2.19. The molecule has 1 saturated carbocycles. The van der Waals surface area contributed by atoms with Gasteiger partial charge in [0, 0.05) is 12.1 Å². The Kier molecular flexibility index (Phi) is 9.78. The summed E-state index contributed by atoms with van der Waals surface area (Å²) in [6.45, 7) is 0.900. The van der Waals surface area contributed by atoms with Gasteiger partial charge in [0.1, 0.15) is 25.0 Å². The van der Waals surface area contributed by atoms with Crippen LogP contribution in [0.3, 0.4) is 0 Å². The summed E-state index contributed by atoms with van der Waals surface area (Å²) in [4.78, 5) is 0. The van der Waals surface area contributed by atoms with E-state index >= 15 is 0 Å². The molecule has 25 heavy (non-hydrogen) atoms. The molecule has 1 atom stereocenters. The zero-order valence-electron chi connectivity index (χ0n) is 15.3. The molecule has 2 rings (SSSR count). The summed E-state index contributed by atoms with van der Waals surface area (Å²) in [5.74, 6) is 2.19. The highest BCUT2D eigenvalue weighted by Crippen LogP contribution is 2.40. The van der Waals surface area contributed by atoms with Crippen molar-refractivity contribution in [3.8, 4) is 23.0 Å². The molecule has 0 saturated heterocycles. The lowest BCUT2D eigenvalue weighted by Crippen LogP contribution is -3.00. The topological polar surface area (TPSA) is 73.8 Å². The number of quaternary nitrogens is 1. The lowest BCUT2D eigenvalue weighted by molar-refractivity contribution is -0.697. The molecule has 144 valence electrons. The van der Waals surface area contributed by atoms with E-state index in [0.29, 0.717) is 35.6 Å². The molecule has 0 aromatic heterocycles. The van der Waals surface area contributed by atoms with Crippen molar-refractivity contribution in [2.75, 3.05) is 34.5 Å². The van der Waals surface area contributed by atoms with E-state index in [-0.39, 0.29) is 19.0 Å². The van der Waals surface area contributed by atoms with Crippen molar-refractivity contribution in [1.82, 2.24) is 0 Å². The number of aliphatic hydroxyl groups is 1. The highest BCUT2D eigenvalue weighted by atomic mass is 35.5. The Morgan fingerprint density at radius 1 is 1.04 bits per heavy atom. The average Bonchev–Trinajstić information content (AvgIpc) is 2.64. The molecule has 1 aliphatic carbocycles. The smallest absolute Gasteiger partial charge is 0.203 e. The van der Waals surface area contributed by atoms with Gasteiger partial charge in [-0.1, -0.05) is 6.42 Å². The minimum absolute atomic E-state index is 0. The van der Waals surface area contributed by atoms with Crippen LogP contribution in [-0.4, -0.2) is 51.7 Å². The molecular formula is C18H30ClNO5. The lowest BCUT2D eigenvalue weighted by atomic mass is 9.95. The molecule has 7 heteroatoms. The molecule has 0 heterocycles. The number of ether oxygens (including phenoxy) is 4. The Morgan fingerprint density at radius 2 is 1.64 bits per heavy atom. The second-order valence-electron chi connectivity index (χ2n) is 6.20. The number of rotatable bonds is 9. The summed E-state index contributed by atoms with van der Waals surface area (Å²) < 4.78 is 21.6. The minimum Gasteiger partial charge on any atom is -1.00 e. The SMILES string of the molecule is COc1cc(OCC(O)C[NH2+]C2CCCCC2)cc(OC)c1OC.[Cl-]. The summed E-state index contributed by atoms with van der Waals surface area (Å²) in [5.41, 5.74) is 0. The monoisotopic (exact) mass is 375 g/mol. The molecule has 0 aliphatic heterocycles. The third-order valence-electron chi connectivity index (χ3n) is 4.47. The quantitative estimate of drug-likeness (QED) is 0.541. The van der Waals surface area contributed by atoms with Crippen LogP contribution in [0.5, 0.6) is 23.0 Å². The maximum atomic E-state index is 10.2. The van der Waals surface area contributed by atoms with Crippen LogP contribution in [0.1, 0.15) is 32.1 Å². The zero-order valence-corrected chi connectivity index (χ0v) is 16.1. The van der Waals surface area contributed by atoms with Crippen LogP contribution < -0.4 is 36.7 Å². The first-order valence-corrected chi connectivity index (χ1v) is 8.62. The standard InChI is InChI=1S/C18H29NO5.ClH/c1-21-16-9-15(10-17(22-2)18(16)23-3)24-12-14(20)11-19-13-7-5-4-6-8-13;/h9-10,13-14,19-20H,4-8,11-12H2,1-3H3;1H. The number of hydrogen-bond donors (Lipinski definition) is 2. The molecule has 1 aromatic rings. The predicted molar refractivity (Wildman–Crippen MR) is 91.3 cm³/mol. The summed E-state index contributed by atoms with van der Waals surface area (Å²) >= 11 is 0. The van der Waals surface area contributed by atoms with Crippen LogP contribution in [-0.2, 0) is 0 Å². The number of methoxy groups -OCH3 is 3. The van der Waals surface area contributed by atoms with E-state index in [0.717, 1.165) is 0 Å². The van der Waals surface area contributed by atoms with Gasteiger partial charge in [0.05, 0.1) is 27.4 Å². The Bertz CT molecular complexity index is 483. The number of aliphatic hydroxyl groups excluding tert-OH is 1. The van der Waals surface area contributed by atoms with Gasteiger partial charge < -0.3 is 41.8 Å². The molecule has 3 N–H and O–H groups in total. The molecule has 0 bridgehead atoms. The fourth-order valence-electron chi connectivity index (χ4n) is 3.12. The van der Waals surface area contributed by atoms with Crippen molar-refractivity contribution in [3.63, 3.8) is 0 Å². The van der Waals surface area contributed by atoms with E-state index in [1.807, 2.05) is 0 Å². The van der Waals surface area contributed by atoms with Crippen LogP contribution in [0.4, 0.5) is 0 Å². The van der Waals surface area contributed by atoms with Gasteiger partial charge in [0.25, 0.3) is 0 Å². The molecule has 6 nitrogen and oxygen atoms in total. The van der Waals surface area contributed by atoms with Crippen LogP contribution in [0.25, 0.3) is 0 Å². The Labute approximate surface area is 156 Å². The maximum Gasteiger partial charge on any atom is 0.203 e. The summed E-state index contributed by atoms with van der Waals surface area (Å²) in [7, 11) is 4.69. The van der Waals surface area contributed by atoms with Crippen LogP contribution in [0, 0.1) is 0 Å². The van der Waals surface area contributed by atoms with Crippen LogP contribution in [0.2, 0.25) is 0 Å². The van der Waals surface area contributed by atoms with E-state index in [1.54, 1.807) is 33.5 Å². The van der Waals surface area contributed by atoms with Crippen molar-refractivity contribution in [2.24, 2.45) is 0 Å². The van der Waals surface area contributed by atoms with Gasteiger partial charge in [-0.2, -0.15) is 0 Å². The van der Waals surface area contributed by atoms with Crippen molar-refractivity contribution >= 4 is 0 Å². The van der Waals surface area contributed by atoms with Gasteiger partial charge in [-0.3, -0.25) is 0 Å². The summed E-state index contributed by atoms with van der Waals surface area (Å²) in [6, 6.07) is 4.12. The predicted octanol–water partition coefficient (Wildman–Crippen LogP) is -1.65. The number of hydrogen-bond acceptors (Lipinski definition) is 5. The van der Waals surface area contributed by atoms with E-state index in [1.165, 1.54) is 32.1 Å². The molecule has 0 amide bonds. The van der Waals surface area contributed by atoms with E-state index in [4.69, 9.17) is 18.9 Å². The maximum absolute atomic E-state index is 10.2. The minimum atomic E-state index is -0.508. The highest BCUT2D eigenvalue weighted by molar-refractivity contribution is 5.55.